The molecule has 0 radical (unpaired) electrons. The number of amides is 1. The molecule has 8 heteroatoms. The zero-order valence-corrected chi connectivity index (χ0v) is 20.5. The van der Waals surface area contributed by atoms with E-state index in [-0.39, 0.29) is 35.9 Å². The number of nitrogens with one attached hydrogen (secondary N) is 2. The number of imidazole rings is 1. The van der Waals surface area contributed by atoms with Crippen molar-refractivity contribution in [2.45, 2.75) is 38.1 Å². The number of carboxylic acid groups (broad SMARTS) is 1. The first kappa shape index (κ1) is 24.3. The second-order valence-electron chi connectivity index (χ2n) is 10.3. The molecule has 0 aliphatic carbocycles. The van der Waals surface area contributed by atoms with Gasteiger partial charge in [-0.15, -0.1) is 0 Å². The molecule has 0 spiro atoms. The molecule has 5 rings (SSSR count). The Morgan fingerprint density at radius 1 is 0.972 bits per heavy atom. The Balaban J connectivity index is 1.20. The van der Waals surface area contributed by atoms with Crippen LogP contribution in [0.2, 0.25) is 0 Å². The third kappa shape index (κ3) is 5.23. The molecule has 2 aliphatic heterocycles. The van der Waals surface area contributed by atoms with Crippen molar-refractivity contribution in [1.29, 1.82) is 0 Å². The number of para-hydroxylation sites is 2. The van der Waals surface area contributed by atoms with E-state index in [1.165, 1.54) is 4.90 Å². The van der Waals surface area contributed by atoms with Crippen molar-refractivity contribution in [3.63, 3.8) is 0 Å². The Labute approximate surface area is 210 Å². The number of carbonyl (C=O) groups is 2. The fraction of sp³-hybridized carbons (Fsp3) is 0.464. The number of H-pyrrole nitrogens is 1. The van der Waals surface area contributed by atoms with Gasteiger partial charge in [-0.05, 0) is 48.9 Å². The number of hydrogen-bond acceptors (Lipinski definition) is 4. The minimum atomic E-state index is -1.01. The summed E-state index contributed by atoms with van der Waals surface area (Å²) in [5.74, 6) is -0.808. The lowest BCUT2D eigenvalue weighted by molar-refractivity contribution is -0.906. The normalized spacial score (nSPS) is 24.6. The number of aromatic nitrogens is 2. The maximum Gasteiger partial charge on any atom is 0.326 e. The van der Waals surface area contributed by atoms with Gasteiger partial charge in [0, 0.05) is 49.9 Å². The zero-order valence-electron chi connectivity index (χ0n) is 20.5. The van der Waals surface area contributed by atoms with Crippen LogP contribution in [0, 0.1) is 11.8 Å². The highest BCUT2D eigenvalue weighted by molar-refractivity contribution is 5.94. The van der Waals surface area contributed by atoms with E-state index in [2.05, 4.69) is 4.98 Å². The molecule has 2 aliphatic rings. The average Bonchev–Trinajstić information content (AvgIpc) is 3.24. The van der Waals surface area contributed by atoms with Crippen LogP contribution in [0.4, 0.5) is 0 Å². The third-order valence-electron chi connectivity index (χ3n) is 8.15. The van der Waals surface area contributed by atoms with Crippen LogP contribution < -0.4 is 15.7 Å². The van der Waals surface area contributed by atoms with Crippen LogP contribution >= 0.6 is 0 Å². The minimum absolute atomic E-state index is 0.0184. The molecule has 1 amide bonds. The SMILES string of the molecule is O=C([O-])C[C@@H]1CCN(C(=O)c2ccccc2)C[C@@H]1CC[NH+]1CCC(n2c(=O)[nH]c3ccccc32)CC1. The summed E-state index contributed by atoms with van der Waals surface area (Å²) >= 11 is 0. The summed E-state index contributed by atoms with van der Waals surface area (Å²) < 4.78 is 1.91. The Morgan fingerprint density at radius 2 is 1.69 bits per heavy atom. The van der Waals surface area contributed by atoms with E-state index in [0.29, 0.717) is 25.1 Å². The number of hydrogen-bond donors (Lipinski definition) is 2. The maximum atomic E-state index is 13.0. The molecule has 3 aromatic rings. The Kier molecular flexibility index (Phi) is 7.23. The van der Waals surface area contributed by atoms with Crippen molar-refractivity contribution < 1.29 is 19.6 Å². The fourth-order valence-corrected chi connectivity index (χ4v) is 6.18. The molecule has 36 heavy (non-hydrogen) atoms. The number of rotatable bonds is 7. The molecule has 2 fully saturated rings. The van der Waals surface area contributed by atoms with E-state index in [4.69, 9.17) is 0 Å². The van der Waals surface area contributed by atoms with E-state index in [9.17, 15) is 19.5 Å². The zero-order chi connectivity index (χ0) is 25.1. The standard InChI is InChI=1S/C28H34N4O4/c33-26(34)18-21-11-17-31(27(35)20-6-2-1-3-7-20)19-22(21)10-14-30-15-12-23(13-16-30)32-25-9-5-4-8-24(25)29-28(32)36/h1-9,21-23H,10-19H2,(H,29,36)(H,33,34)/t21-,22-/m0/s1. The van der Waals surface area contributed by atoms with Crippen molar-refractivity contribution in [2.24, 2.45) is 11.8 Å². The predicted octanol–water partition coefficient (Wildman–Crippen LogP) is 0.858. The van der Waals surface area contributed by atoms with Crippen LogP contribution in [0.25, 0.3) is 11.0 Å². The molecule has 0 bridgehead atoms. The van der Waals surface area contributed by atoms with Gasteiger partial charge >= 0.3 is 5.69 Å². The summed E-state index contributed by atoms with van der Waals surface area (Å²) in [6.45, 7) is 4.06. The number of aliphatic carboxylic acids is 1. The lowest BCUT2D eigenvalue weighted by Crippen LogP contribution is -3.13. The topological polar surface area (TPSA) is 103 Å². The number of likely N-dealkylation sites (tertiary alicyclic amines) is 2. The molecule has 2 N–H and O–H groups in total. The van der Waals surface area contributed by atoms with Crippen LogP contribution in [0.15, 0.2) is 59.4 Å². The average molecular weight is 491 g/mol. The van der Waals surface area contributed by atoms with E-state index >= 15 is 0 Å². The Morgan fingerprint density at radius 3 is 2.44 bits per heavy atom. The Hall–Kier alpha value is -3.39. The lowest BCUT2D eigenvalue weighted by Gasteiger charge is -2.40. The number of aromatic amines is 1. The second kappa shape index (κ2) is 10.7. The summed E-state index contributed by atoms with van der Waals surface area (Å²) in [4.78, 5) is 43.3. The first-order chi connectivity index (χ1) is 17.5. The third-order valence-corrected chi connectivity index (χ3v) is 8.15. The summed E-state index contributed by atoms with van der Waals surface area (Å²) in [7, 11) is 0. The predicted molar refractivity (Wildman–Crippen MR) is 135 cm³/mol. The quantitative estimate of drug-likeness (QED) is 0.513. The largest absolute Gasteiger partial charge is 0.550 e. The van der Waals surface area contributed by atoms with Gasteiger partial charge in [0.1, 0.15) is 0 Å². The van der Waals surface area contributed by atoms with Crippen molar-refractivity contribution in [3.05, 3.63) is 70.6 Å². The van der Waals surface area contributed by atoms with E-state index < -0.39 is 5.97 Å². The number of benzene rings is 2. The molecule has 3 heterocycles. The van der Waals surface area contributed by atoms with Crippen molar-refractivity contribution in [2.75, 3.05) is 32.7 Å². The molecular formula is C28H34N4O4. The number of carbonyl (C=O) groups excluding carboxylic acids is 2. The van der Waals surface area contributed by atoms with Crippen LogP contribution in [-0.2, 0) is 4.79 Å². The number of quaternary nitrogens is 1. The van der Waals surface area contributed by atoms with Gasteiger partial charge in [-0.2, -0.15) is 0 Å². The van der Waals surface area contributed by atoms with Gasteiger partial charge in [-0.1, -0.05) is 30.3 Å². The van der Waals surface area contributed by atoms with Gasteiger partial charge in [-0.3, -0.25) is 9.36 Å². The smallest absolute Gasteiger partial charge is 0.326 e. The highest BCUT2D eigenvalue weighted by atomic mass is 16.4. The summed E-state index contributed by atoms with van der Waals surface area (Å²) in [5.41, 5.74) is 2.48. The van der Waals surface area contributed by atoms with Crippen LogP contribution in [0.5, 0.6) is 0 Å². The lowest BCUT2D eigenvalue weighted by atomic mass is 9.80. The summed E-state index contributed by atoms with van der Waals surface area (Å²) in [6.07, 6.45) is 3.49. The van der Waals surface area contributed by atoms with Gasteiger partial charge in [0.15, 0.2) is 0 Å². The van der Waals surface area contributed by atoms with Gasteiger partial charge in [0.25, 0.3) is 5.91 Å². The minimum Gasteiger partial charge on any atom is -0.550 e. The molecule has 8 nitrogen and oxygen atoms in total. The van der Waals surface area contributed by atoms with Crippen LogP contribution in [0.1, 0.15) is 48.5 Å². The molecule has 2 aromatic carbocycles. The number of fused-ring (bicyclic) bond motifs is 1. The molecule has 2 atom stereocenters. The number of piperidine rings is 2. The molecule has 2 saturated heterocycles. The maximum absolute atomic E-state index is 13.0. The van der Waals surface area contributed by atoms with Crippen LogP contribution in [0.3, 0.4) is 0 Å². The van der Waals surface area contributed by atoms with Gasteiger partial charge in [-0.25, -0.2) is 4.79 Å². The fourth-order valence-electron chi connectivity index (χ4n) is 6.18. The Bertz CT molecular complexity index is 1260. The van der Waals surface area contributed by atoms with E-state index in [0.717, 1.165) is 49.9 Å². The molecule has 0 saturated carbocycles. The monoisotopic (exact) mass is 490 g/mol. The molecule has 1 aromatic heterocycles. The molecule has 190 valence electrons. The number of carboxylic acids is 1. The van der Waals surface area contributed by atoms with E-state index in [1.54, 1.807) is 0 Å². The van der Waals surface area contributed by atoms with Gasteiger partial charge in [0.2, 0.25) is 0 Å². The molecule has 0 unspecified atom stereocenters. The first-order valence-corrected chi connectivity index (χ1v) is 13.1. The van der Waals surface area contributed by atoms with Crippen molar-refractivity contribution in [3.8, 4) is 0 Å². The van der Waals surface area contributed by atoms with Crippen molar-refractivity contribution in [1.82, 2.24) is 14.5 Å². The van der Waals surface area contributed by atoms with E-state index in [1.807, 2.05) is 64.1 Å². The van der Waals surface area contributed by atoms with Crippen molar-refractivity contribution >= 4 is 22.9 Å². The van der Waals surface area contributed by atoms with Gasteiger partial charge in [0.05, 0.1) is 30.7 Å². The first-order valence-electron chi connectivity index (χ1n) is 13.1. The molecular weight excluding hydrogens is 456 g/mol. The van der Waals surface area contributed by atoms with Gasteiger partial charge < -0.3 is 24.7 Å². The summed E-state index contributed by atoms with van der Waals surface area (Å²) in [6, 6.07) is 17.3. The number of nitrogens with zero attached hydrogens (tertiary/aromatic N) is 2. The van der Waals surface area contributed by atoms with Crippen LogP contribution in [-0.4, -0.2) is 59.1 Å². The second-order valence-corrected chi connectivity index (χ2v) is 10.3. The highest BCUT2D eigenvalue weighted by Gasteiger charge is 2.33. The highest BCUT2D eigenvalue weighted by Crippen LogP contribution is 2.29. The summed E-state index contributed by atoms with van der Waals surface area (Å²) in [5, 5.41) is 11.4.